The third kappa shape index (κ3) is 4.42. The summed E-state index contributed by atoms with van der Waals surface area (Å²) >= 11 is 1.25. The van der Waals surface area contributed by atoms with Gasteiger partial charge in [0.2, 0.25) is 0 Å². The zero-order valence-corrected chi connectivity index (χ0v) is 18.1. The van der Waals surface area contributed by atoms with E-state index in [-0.39, 0.29) is 0 Å². The fourth-order valence-electron chi connectivity index (χ4n) is 4.14. The molecule has 5 nitrogen and oxygen atoms in total. The number of piperazine rings is 1. The van der Waals surface area contributed by atoms with Gasteiger partial charge in [0.15, 0.2) is 0 Å². The third-order valence-electron chi connectivity index (χ3n) is 5.79. The van der Waals surface area contributed by atoms with Crippen LogP contribution >= 0.6 is 11.9 Å². The highest BCUT2D eigenvalue weighted by Crippen LogP contribution is 2.29. The molecule has 6 heteroatoms. The van der Waals surface area contributed by atoms with Crippen LogP contribution in [0.15, 0.2) is 83.9 Å². The molecule has 1 aliphatic heterocycles. The second-order valence-corrected chi connectivity index (χ2v) is 8.50. The van der Waals surface area contributed by atoms with E-state index in [1.165, 1.54) is 17.5 Å². The number of fused-ring (bicyclic) bond motifs is 1. The van der Waals surface area contributed by atoms with Crippen molar-refractivity contribution in [3.05, 3.63) is 84.6 Å². The van der Waals surface area contributed by atoms with Crippen molar-refractivity contribution in [3.8, 4) is 11.3 Å². The van der Waals surface area contributed by atoms with Crippen molar-refractivity contribution in [1.29, 1.82) is 0 Å². The van der Waals surface area contributed by atoms with Crippen molar-refractivity contribution < 1.29 is 0 Å². The second-order valence-electron chi connectivity index (χ2n) is 7.79. The van der Waals surface area contributed by atoms with E-state index in [0.29, 0.717) is 0 Å². The number of benzene rings is 2. The molecule has 2 aromatic carbocycles. The first-order valence-electron chi connectivity index (χ1n) is 10.5. The van der Waals surface area contributed by atoms with Crippen LogP contribution in [0.2, 0.25) is 0 Å². The number of pyridine rings is 2. The average Bonchev–Trinajstić information content (AvgIpc) is 2.84. The van der Waals surface area contributed by atoms with E-state index < -0.39 is 0 Å². The molecule has 2 aromatic heterocycles. The molecule has 1 saturated heterocycles. The molecule has 4 aromatic rings. The summed E-state index contributed by atoms with van der Waals surface area (Å²) in [7, 11) is 0. The van der Waals surface area contributed by atoms with E-state index in [2.05, 4.69) is 69.4 Å². The molecule has 0 spiro atoms. The van der Waals surface area contributed by atoms with E-state index in [9.17, 15) is 0 Å². The van der Waals surface area contributed by atoms with Crippen LogP contribution in [0, 0.1) is 0 Å². The number of aromatic nitrogens is 2. The topological polar surface area (TPSA) is 58.3 Å². The van der Waals surface area contributed by atoms with Crippen LogP contribution in [0.25, 0.3) is 22.3 Å². The van der Waals surface area contributed by atoms with Crippen LogP contribution in [0.3, 0.4) is 0 Å². The molecular weight excluding hydrogens is 402 g/mol. The molecule has 0 bridgehead atoms. The van der Waals surface area contributed by atoms with Gasteiger partial charge in [-0.2, -0.15) is 0 Å². The van der Waals surface area contributed by atoms with Gasteiger partial charge in [0.05, 0.1) is 16.9 Å². The SMILES string of the molecule is NSc1cccc(-c2ccc3nccc(N4CCN(Cc5ccccc5)CC4)c3n2)c1. The molecule has 0 aliphatic carbocycles. The molecule has 0 unspecified atom stereocenters. The molecule has 0 radical (unpaired) electrons. The summed E-state index contributed by atoms with van der Waals surface area (Å²) in [6.07, 6.45) is 1.89. The van der Waals surface area contributed by atoms with Gasteiger partial charge < -0.3 is 4.90 Å². The van der Waals surface area contributed by atoms with Crippen LogP contribution in [-0.4, -0.2) is 41.0 Å². The highest BCUT2D eigenvalue weighted by atomic mass is 32.2. The van der Waals surface area contributed by atoms with E-state index in [1.807, 2.05) is 24.4 Å². The molecule has 2 N–H and O–H groups in total. The van der Waals surface area contributed by atoms with Crippen molar-refractivity contribution in [2.24, 2.45) is 5.14 Å². The first-order valence-corrected chi connectivity index (χ1v) is 11.4. The van der Waals surface area contributed by atoms with Gasteiger partial charge in [-0.05, 0) is 47.8 Å². The molecule has 3 heterocycles. The average molecular weight is 428 g/mol. The predicted molar refractivity (Wildman–Crippen MR) is 129 cm³/mol. The Morgan fingerprint density at radius 1 is 0.871 bits per heavy atom. The minimum absolute atomic E-state index is 0.928. The Kier molecular flexibility index (Phi) is 5.84. The Bertz CT molecular complexity index is 1170. The number of hydrogen-bond acceptors (Lipinski definition) is 6. The third-order valence-corrected chi connectivity index (χ3v) is 6.32. The molecule has 0 saturated carbocycles. The first kappa shape index (κ1) is 20.0. The molecule has 0 amide bonds. The summed E-state index contributed by atoms with van der Waals surface area (Å²) in [5, 5.41) is 5.74. The summed E-state index contributed by atoms with van der Waals surface area (Å²) in [6.45, 7) is 5.04. The lowest BCUT2D eigenvalue weighted by atomic mass is 10.1. The van der Waals surface area contributed by atoms with Gasteiger partial charge in [0.25, 0.3) is 0 Å². The predicted octanol–water partition coefficient (Wildman–Crippen LogP) is 4.58. The van der Waals surface area contributed by atoms with Gasteiger partial charge in [0.1, 0.15) is 5.52 Å². The summed E-state index contributed by atoms with van der Waals surface area (Å²) in [5.74, 6) is 0. The number of anilines is 1. The fraction of sp³-hybridized carbons (Fsp3) is 0.200. The van der Waals surface area contributed by atoms with Crippen molar-refractivity contribution in [1.82, 2.24) is 14.9 Å². The quantitative estimate of drug-likeness (QED) is 0.470. The van der Waals surface area contributed by atoms with Crippen LogP contribution in [0.5, 0.6) is 0 Å². The molecule has 1 fully saturated rings. The van der Waals surface area contributed by atoms with Gasteiger partial charge >= 0.3 is 0 Å². The normalized spacial score (nSPS) is 14.8. The first-order chi connectivity index (χ1) is 15.3. The molecular formula is C25H25N5S. The van der Waals surface area contributed by atoms with Crippen LogP contribution in [0.1, 0.15) is 5.56 Å². The Hall–Kier alpha value is -2.93. The lowest BCUT2D eigenvalue weighted by Gasteiger charge is -2.36. The lowest BCUT2D eigenvalue weighted by molar-refractivity contribution is 0.250. The Morgan fingerprint density at radius 3 is 2.52 bits per heavy atom. The van der Waals surface area contributed by atoms with E-state index in [4.69, 9.17) is 10.1 Å². The maximum absolute atomic E-state index is 5.74. The summed E-state index contributed by atoms with van der Waals surface area (Å²) in [4.78, 5) is 15.6. The number of nitrogens with two attached hydrogens (primary N) is 1. The fourth-order valence-corrected chi connectivity index (χ4v) is 4.50. The monoisotopic (exact) mass is 427 g/mol. The molecule has 156 valence electrons. The van der Waals surface area contributed by atoms with Gasteiger partial charge in [-0.1, -0.05) is 42.5 Å². The van der Waals surface area contributed by atoms with E-state index in [1.54, 1.807) is 0 Å². The Balaban J connectivity index is 1.38. The number of nitrogens with zero attached hydrogens (tertiary/aromatic N) is 4. The minimum atomic E-state index is 0.928. The summed E-state index contributed by atoms with van der Waals surface area (Å²) in [5.41, 5.74) is 6.44. The largest absolute Gasteiger partial charge is 0.367 e. The Morgan fingerprint density at radius 2 is 1.71 bits per heavy atom. The van der Waals surface area contributed by atoms with Crippen LogP contribution in [0.4, 0.5) is 5.69 Å². The highest BCUT2D eigenvalue weighted by molar-refractivity contribution is 7.97. The number of rotatable bonds is 5. The molecule has 5 rings (SSSR count). The second kappa shape index (κ2) is 9.06. The Labute approximate surface area is 187 Å². The zero-order chi connectivity index (χ0) is 21.0. The zero-order valence-electron chi connectivity index (χ0n) is 17.3. The van der Waals surface area contributed by atoms with Crippen molar-refractivity contribution in [3.63, 3.8) is 0 Å². The van der Waals surface area contributed by atoms with Crippen molar-refractivity contribution >= 4 is 28.7 Å². The van der Waals surface area contributed by atoms with Crippen molar-refractivity contribution in [2.75, 3.05) is 31.1 Å². The van der Waals surface area contributed by atoms with Gasteiger partial charge in [-0.15, -0.1) is 0 Å². The van der Waals surface area contributed by atoms with Crippen LogP contribution < -0.4 is 10.0 Å². The molecule has 0 atom stereocenters. The maximum Gasteiger partial charge on any atom is 0.113 e. The minimum Gasteiger partial charge on any atom is -0.367 e. The maximum atomic E-state index is 5.74. The van der Waals surface area contributed by atoms with E-state index in [0.717, 1.165) is 65.6 Å². The molecule has 31 heavy (non-hydrogen) atoms. The van der Waals surface area contributed by atoms with E-state index >= 15 is 0 Å². The van der Waals surface area contributed by atoms with Gasteiger partial charge in [-0.3, -0.25) is 15.0 Å². The summed E-state index contributed by atoms with van der Waals surface area (Å²) < 4.78 is 0. The van der Waals surface area contributed by atoms with Crippen molar-refractivity contribution in [2.45, 2.75) is 11.4 Å². The standard InChI is InChI=1S/C25H25N5S/c26-31-21-8-4-7-20(17-21)22-9-10-23-25(28-22)24(11-12-27-23)30-15-13-29(14-16-30)18-19-5-2-1-3-6-19/h1-12,17H,13-16,18,26H2. The van der Waals surface area contributed by atoms with Gasteiger partial charge in [0, 0.05) is 49.4 Å². The highest BCUT2D eigenvalue weighted by Gasteiger charge is 2.20. The summed E-state index contributed by atoms with van der Waals surface area (Å²) in [6, 6.07) is 25.1. The van der Waals surface area contributed by atoms with Crippen LogP contribution in [-0.2, 0) is 6.54 Å². The number of hydrogen-bond donors (Lipinski definition) is 1. The molecule has 1 aliphatic rings. The van der Waals surface area contributed by atoms with Gasteiger partial charge in [-0.25, -0.2) is 4.98 Å². The lowest BCUT2D eigenvalue weighted by Crippen LogP contribution is -2.46. The smallest absolute Gasteiger partial charge is 0.113 e.